The highest BCUT2D eigenvalue weighted by Crippen LogP contribution is 2.11. The minimum absolute atomic E-state index is 0.0481. The van der Waals surface area contributed by atoms with Gasteiger partial charge in [-0.25, -0.2) is 8.42 Å². The Morgan fingerprint density at radius 2 is 2.13 bits per heavy atom. The van der Waals surface area contributed by atoms with Crippen molar-refractivity contribution in [3.63, 3.8) is 0 Å². The highest BCUT2D eigenvalue weighted by Gasteiger charge is 2.08. The fraction of sp³-hybridized carbons (Fsp3) is 0.222. The molecule has 0 aliphatic carbocycles. The number of halogens is 1. The molecule has 15 heavy (non-hydrogen) atoms. The van der Waals surface area contributed by atoms with Crippen molar-refractivity contribution < 1.29 is 13.2 Å². The van der Waals surface area contributed by atoms with Crippen LogP contribution in [0.3, 0.4) is 0 Å². The minimum atomic E-state index is -3.46. The van der Waals surface area contributed by atoms with Crippen LogP contribution in [0.5, 0.6) is 0 Å². The molecule has 0 saturated carbocycles. The molecule has 0 fully saturated rings. The van der Waals surface area contributed by atoms with Gasteiger partial charge in [0.2, 0.25) is 15.9 Å². The summed E-state index contributed by atoms with van der Waals surface area (Å²) < 4.78 is 24.3. The molecule has 0 saturated heterocycles. The number of benzene rings is 1. The lowest BCUT2D eigenvalue weighted by atomic mass is 10.1. The van der Waals surface area contributed by atoms with Crippen molar-refractivity contribution in [2.24, 2.45) is 0 Å². The first-order chi connectivity index (χ1) is 6.87. The second kappa shape index (κ2) is 4.76. The van der Waals surface area contributed by atoms with E-state index in [1.165, 1.54) is 0 Å². The zero-order valence-corrected chi connectivity index (χ0v) is 10.4. The van der Waals surface area contributed by atoms with Crippen LogP contribution in [0.2, 0.25) is 0 Å². The van der Waals surface area contributed by atoms with E-state index in [1.54, 1.807) is 18.2 Å². The molecule has 1 amide bonds. The molecular formula is C9H10BrNO3S. The van der Waals surface area contributed by atoms with Gasteiger partial charge in [0, 0.05) is 4.47 Å². The van der Waals surface area contributed by atoms with Gasteiger partial charge in [-0.15, -0.1) is 0 Å². The molecule has 6 heteroatoms. The van der Waals surface area contributed by atoms with E-state index in [0.717, 1.165) is 16.3 Å². The molecule has 0 aromatic heterocycles. The van der Waals surface area contributed by atoms with E-state index < -0.39 is 15.9 Å². The first-order valence-corrected chi connectivity index (χ1v) is 6.80. The topological polar surface area (TPSA) is 63.2 Å². The van der Waals surface area contributed by atoms with E-state index in [9.17, 15) is 13.2 Å². The maximum Gasteiger partial charge on any atom is 0.237 e. The highest BCUT2D eigenvalue weighted by atomic mass is 79.9. The Bertz CT molecular complexity index is 470. The van der Waals surface area contributed by atoms with Crippen LogP contribution in [0.25, 0.3) is 0 Å². The average Bonchev–Trinajstić information content (AvgIpc) is 1.99. The van der Waals surface area contributed by atoms with E-state index >= 15 is 0 Å². The van der Waals surface area contributed by atoms with Crippen LogP contribution >= 0.6 is 15.9 Å². The molecule has 1 aromatic carbocycles. The Morgan fingerprint density at radius 3 is 2.67 bits per heavy atom. The third-order valence-corrected chi connectivity index (χ3v) is 2.64. The molecule has 1 N–H and O–H groups in total. The number of sulfonamides is 1. The van der Waals surface area contributed by atoms with E-state index in [1.807, 2.05) is 10.8 Å². The smallest absolute Gasteiger partial charge is 0.237 e. The van der Waals surface area contributed by atoms with Gasteiger partial charge in [0.15, 0.2) is 0 Å². The molecule has 1 rings (SSSR count). The molecule has 0 aliphatic rings. The van der Waals surface area contributed by atoms with Gasteiger partial charge in [0.1, 0.15) is 0 Å². The molecule has 82 valence electrons. The minimum Gasteiger partial charge on any atom is -0.274 e. The van der Waals surface area contributed by atoms with Crippen molar-refractivity contribution in [1.82, 2.24) is 4.72 Å². The van der Waals surface area contributed by atoms with E-state index in [4.69, 9.17) is 0 Å². The van der Waals surface area contributed by atoms with Crippen LogP contribution in [0.4, 0.5) is 0 Å². The molecule has 0 spiro atoms. The highest BCUT2D eigenvalue weighted by molar-refractivity contribution is 9.10. The van der Waals surface area contributed by atoms with E-state index in [2.05, 4.69) is 15.9 Å². The lowest BCUT2D eigenvalue weighted by molar-refractivity contribution is -0.118. The van der Waals surface area contributed by atoms with Crippen molar-refractivity contribution in [2.75, 3.05) is 6.26 Å². The molecule has 0 bridgehead atoms. The van der Waals surface area contributed by atoms with Crippen LogP contribution in [0.15, 0.2) is 28.7 Å². The average molecular weight is 292 g/mol. The molecule has 0 radical (unpaired) electrons. The summed E-state index contributed by atoms with van der Waals surface area (Å²) in [5, 5.41) is 0. The van der Waals surface area contributed by atoms with Gasteiger partial charge in [-0.2, -0.15) is 0 Å². The number of amides is 1. The predicted molar refractivity (Wildman–Crippen MR) is 60.8 cm³/mol. The second-order valence-electron chi connectivity index (χ2n) is 3.10. The van der Waals surface area contributed by atoms with E-state index in [0.29, 0.717) is 0 Å². The van der Waals surface area contributed by atoms with E-state index in [-0.39, 0.29) is 6.42 Å². The Labute approximate surface area is 96.9 Å². The Hall–Kier alpha value is -0.880. The zero-order chi connectivity index (χ0) is 11.5. The first-order valence-electron chi connectivity index (χ1n) is 4.12. The summed E-state index contributed by atoms with van der Waals surface area (Å²) >= 11 is 3.26. The van der Waals surface area contributed by atoms with Crippen molar-refractivity contribution in [3.8, 4) is 0 Å². The Morgan fingerprint density at radius 1 is 1.47 bits per heavy atom. The monoisotopic (exact) mass is 291 g/mol. The summed E-state index contributed by atoms with van der Waals surface area (Å²) in [4.78, 5) is 11.2. The van der Waals surface area contributed by atoms with Crippen molar-refractivity contribution in [3.05, 3.63) is 34.3 Å². The molecular weight excluding hydrogens is 282 g/mol. The third kappa shape index (κ3) is 4.94. The summed E-state index contributed by atoms with van der Waals surface area (Å²) in [7, 11) is -3.46. The normalized spacial score (nSPS) is 11.1. The van der Waals surface area contributed by atoms with Gasteiger partial charge in [0.25, 0.3) is 0 Å². The van der Waals surface area contributed by atoms with Crippen molar-refractivity contribution in [1.29, 1.82) is 0 Å². The van der Waals surface area contributed by atoms with Gasteiger partial charge in [-0.1, -0.05) is 28.1 Å². The molecule has 0 atom stereocenters. The molecule has 1 aromatic rings. The van der Waals surface area contributed by atoms with Crippen molar-refractivity contribution in [2.45, 2.75) is 6.42 Å². The maximum atomic E-state index is 11.2. The zero-order valence-electron chi connectivity index (χ0n) is 8.03. The Kier molecular flexibility index (Phi) is 3.87. The predicted octanol–water partition coefficient (Wildman–Crippen LogP) is 1.07. The number of nitrogens with one attached hydrogen (secondary N) is 1. The second-order valence-corrected chi connectivity index (χ2v) is 5.77. The summed E-state index contributed by atoms with van der Waals surface area (Å²) in [5.74, 6) is -0.532. The standard InChI is InChI=1S/C9H10BrNO3S/c1-15(13,14)11-9(12)6-7-3-2-4-8(10)5-7/h2-5H,6H2,1H3,(H,11,12). The van der Waals surface area contributed by atoms with Gasteiger partial charge in [0.05, 0.1) is 12.7 Å². The number of hydrogen-bond acceptors (Lipinski definition) is 3. The van der Waals surface area contributed by atoms with Crippen LogP contribution in [-0.2, 0) is 21.2 Å². The summed E-state index contributed by atoms with van der Waals surface area (Å²) in [6.07, 6.45) is 0.998. The SMILES string of the molecule is CS(=O)(=O)NC(=O)Cc1cccc(Br)c1. The van der Waals surface area contributed by atoms with Crippen molar-refractivity contribution >= 4 is 31.9 Å². The number of rotatable bonds is 3. The quantitative estimate of drug-likeness (QED) is 0.906. The summed E-state index contributed by atoms with van der Waals surface area (Å²) in [6.45, 7) is 0. The molecule has 0 unspecified atom stereocenters. The maximum absolute atomic E-state index is 11.2. The molecule has 0 aliphatic heterocycles. The summed E-state index contributed by atoms with van der Waals surface area (Å²) in [6, 6.07) is 7.14. The lowest BCUT2D eigenvalue weighted by Crippen LogP contribution is -2.30. The van der Waals surface area contributed by atoms with Gasteiger partial charge < -0.3 is 0 Å². The Balaban J connectivity index is 2.67. The summed E-state index contributed by atoms with van der Waals surface area (Å²) in [5.41, 5.74) is 0.755. The largest absolute Gasteiger partial charge is 0.274 e. The number of carbonyl (C=O) groups is 1. The van der Waals surface area contributed by atoms with Gasteiger partial charge in [-0.3, -0.25) is 9.52 Å². The fourth-order valence-corrected chi connectivity index (χ4v) is 2.01. The van der Waals surface area contributed by atoms with Crippen LogP contribution in [0, 0.1) is 0 Å². The first kappa shape index (κ1) is 12.2. The van der Waals surface area contributed by atoms with Gasteiger partial charge in [-0.05, 0) is 17.7 Å². The number of hydrogen-bond donors (Lipinski definition) is 1. The molecule has 0 heterocycles. The lowest BCUT2D eigenvalue weighted by Gasteiger charge is -2.02. The van der Waals surface area contributed by atoms with Crippen LogP contribution in [-0.4, -0.2) is 20.6 Å². The van der Waals surface area contributed by atoms with Gasteiger partial charge >= 0.3 is 0 Å². The van der Waals surface area contributed by atoms with Crippen LogP contribution < -0.4 is 4.72 Å². The number of carbonyl (C=O) groups excluding carboxylic acids is 1. The third-order valence-electron chi connectivity index (χ3n) is 1.55. The van der Waals surface area contributed by atoms with Crippen LogP contribution in [0.1, 0.15) is 5.56 Å². The molecule has 4 nitrogen and oxygen atoms in total. The fourth-order valence-electron chi connectivity index (χ4n) is 1.08.